The van der Waals surface area contributed by atoms with Gasteiger partial charge in [0.1, 0.15) is 6.61 Å². The van der Waals surface area contributed by atoms with E-state index in [1.165, 1.54) is 33.1 Å². The Labute approximate surface area is 237 Å². The molecule has 2 heterocycles. The van der Waals surface area contributed by atoms with Crippen LogP contribution in [0.15, 0.2) is 71.3 Å². The van der Waals surface area contributed by atoms with E-state index < -0.39 is 34.5 Å². The Kier molecular flexibility index (Phi) is 7.24. The van der Waals surface area contributed by atoms with Crippen molar-refractivity contribution >= 4 is 44.5 Å². The van der Waals surface area contributed by atoms with Gasteiger partial charge in [-0.1, -0.05) is 30.3 Å². The fourth-order valence-electron chi connectivity index (χ4n) is 4.88. The van der Waals surface area contributed by atoms with Gasteiger partial charge in [0.25, 0.3) is 11.5 Å². The second kappa shape index (κ2) is 10.6. The van der Waals surface area contributed by atoms with Crippen molar-refractivity contribution in [2.75, 3.05) is 7.11 Å². The molecule has 1 fully saturated rings. The van der Waals surface area contributed by atoms with E-state index in [1.54, 1.807) is 30.5 Å². The molecule has 4 aromatic rings. The number of non-ortho nitro benzene ring substituents is 1. The molecular weight excluding hydrogens is 584 g/mol. The van der Waals surface area contributed by atoms with E-state index in [0.29, 0.717) is 32.7 Å². The van der Waals surface area contributed by atoms with Crippen LogP contribution in [-0.2, 0) is 25.7 Å². The molecule has 0 bridgehead atoms. The quantitative estimate of drug-likeness (QED) is 0.111. The Morgan fingerprint density at radius 1 is 1.07 bits per heavy atom. The number of nitrogens with zero attached hydrogens (tertiary/aromatic N) is 1. The maximum Gasteiger partial charge on any atom is 0.324 e. The smallest absolute Gasteiger partial charge is 0.324 e. The average molecular weight is 609 g/mol. The largest absolute Gasteiger partial charge is 0.493 e. The molecule has 10 nitrogen and oxygen atoms in total. The fraction of sp³-hybridized carbons (Fsp3) is 0.241. The molecule has 11 heteroatoms. The maximum atomic E-state index is 13.3. The molecule has 206 valence electrons. The Morgan fingerprint density at radius 3 is 2.50 bits per heavy atom. The third-order valence-corrected chi connectivity index (χ3v) is 7.19. The Bertz CT molecular complexity index is 1610. The lowest BCUT2D eigenvalue weighted by molar-refractivity contribution is -0.384. The van der Waals surface area contributed by atoms with E-state index >= 15 is 0 Å². The monoisotopic (exact) mass is 608 g/mol. The number of carbonyl (C=O) groups is 2. The van der Waals surface area contributed by atoms with Crippen LogP contribution < -0.4 is 9.47 Å². The number of hydrogen-bond donors (Lipinski definition) is 1. The van der Waals surface area contributed by atoms with Gasteiger partial charge in [-0.3, -0.25) is 19.7 Å². The molecule has 0 aliphatic carbocycles. The van der Waals surface area contributed by atoms with Gasteiger partial charge in [0.15, 0.2) is 17.4 Å². The highest BCUT2D eigenvalue weighted by molar-refractivity contribution is 9.10. The molecule has 5 rings (SSSR count). The molecule has 1 N–H and O–H groups in total. The average Bonchev–Trinajstić information content (AvgIpc) is 3.33. The van der Waals surface area contributed by atoms with E-state index in [2.05, 4.69) is 20.9 Å². The van der Waals surface area contributed by atoms with Gasteiger partial charge >= 0.3 is 11.9 Å². The van der Waals surface area contributed by atoms with Crippen LogP contribution in [0, 0.1) is 16.0 Å². The first-order valence-corrected chi connectivity index (χ1v) is 13.1. The number of aromatic nitrogens is 1. The lowest BCUT2D eigenvalue weighted by atomic mass is 9.80. The number of benzene rings is 3. The van der Waals surface area contributed by atoms with Gasteiger partial charge in [-0.05, 0) is 50.8 Å². The molecule has 1 aliphatic rings. The van der Waals surface area contributed by atoms with Crippen LogP contribution in [0.1, 0.15) is 36.5 Å². The number of fused-ring (bicyclic) bond motifs is 1. The van der Waals surface area contributed by atoms with Crippen molar-refractivity contribution in [1.29, 1.82) is 0 Å². The summed E-state index contributed by atoms with van der Waals surface area (Å²) in [4.78, 5) is 40.4. The number of cyclic esters (lactones) is 2. The first-order chi connectivity index (χ1) is 19.1. The van der Waals surface area contributed by atoms with Crippen LogP contribution >= 0.6 is 15.9 Å². The van der Waals surface area contributed by atoms with Crippen molar-refractivity contribution in [1.82, 2.24) is 4.98 Å². The molecule has 40 heavy (non-hydrogen) atoms. The number of H-pyrrole nitrogens is 1. The molecule has 3 aromatic carbocycles. The summed E-state index contributed by atoms with van der Waals surface area (Å²) in [5.74, 6) is -4.15. The van der Waals surface area contributed by atoms with Crippen molar-refractivity contribution in [2.24, 2.45) is 5.92 Å². The second-order valence-electron chi connectivity index (χ2n) is 9.74. The molecular formula is C29H25BrN2O8. The summed E-state index contributed by atoms with van der Waals surface area (Å²) in [6.07, 6.45) is 1.77. The predicted molar refractivity (Wildman–Crippen MR) is 148 cm³/mol. The van der Waals surface area contributed by atoms with E-state index in [0.717, 1.165) is 10.9 Å². The van der Waals surface area contributed by atoms with Gasteiger partial charge in [0, 0.05) is 49.0 Å². The number of nitro benzene ring substituents is 1. The second-order valence-corrected chi connectivity index (χ2v) is 10.6. The minimum absolute atomic E-state index is 0.0399. The molecule has 1 saturated heterocycles. The van der Waals surface area contributed by atoms with E-state index in [1.807, 2.05) is 24.3 Å². The Balaban J connectivity index is 1.57. The zero-order valence-corrected chi connectivity index (χ0v) is 23.4. The third kappa shape index (κ3) is 5.24. The van der Waals surface area contributed by atoms with Gasteiger partial charge in [-0.25, -0.2) is 0 Å². The standard InChI is InChI=1S/C29H25BrN2O8/c1-29(2)39-27(33)25(28(34)40-29)24(20-14-31-22-10-5-4-9-19(20)22)17-12-21(30)26(23(13-17)37-3)38-15-16-7-6-8-18(11-16)32(35)36/h4-14,24-25,31H,15H2,1-3H3/t24-/m1/s1. The molecule has 0 saturated carbocycles. The normalized spacial score (nSPS) is 15.8. The first-order valence-electron chi connectivity index (χ1n) is 12.3. The fourth-order valence-corrected chi connectivity index (χ4v) is 5.45. The zero-order chi connectivity index (χ0) is 28.6. The summed E-state index contributed by atoms with van der Waals surface area (Å²) in [5, 5.41) is 12.0. The van der Waals surface area contributed by atoms with Crippen LogP contribution in [0.3, 0.4) is 0 Å². The predicted octanol–water partition coefficient (Wildman–Crippen LogP) is 6.01. The molecule has 0 radical (unpaired) electrons. The van der Waals surface area contributed by atoms with Gasteiger partial charge in [-0.2, -0.15) is 0 Å². The van der Waals surface area contributed by atoms with Crippen LogP contribution in [-0.4, -0.2) is 34.7 Å². The van der Waals surface area contributed by atoms with Crippen LogP contribution in [0.5, 0.6) is 11.5 Å². The van der Waals surface area contributed by atoms with Crippen molar-refractivity contribution < 1.29 is 33.5 Å². The number of halogens is 1. The lowest BCUT2D eigenvalue weighted by Gasteiger charge is -2.36. The first kappa shape index (κ1) is 27.2. The van der Waals surface area contributed by atoms with E-state index in [9.17, 15) is 19.7 Å². The van der Waals surface area contributed by atoms with Crippen LogP contribution in [0.4, 0.5) is 5.69 Å². The van der Waals surface area contributed by atoms with Crippen molar-refractivity contribution in [3.63, 3.8) is 0 Å². The van der Waals surface area contributed by atoms with Gasteiger partial charge in [-0.15, -0.1) is 0 Å². The number of ether oxygens (including phenoxy) is 4. The van der Waals surface area contributed by atoms with Crippen molar-refractivity contribution in [3.8, 4) is 11.5 Å². The third-order valence-electron chi connectivity index (χ3n) is 6.61. The number of methoxy groups -OCH3 is 1. The summed E-state index contributed by atoms with van der Waals surface area (Å²) in [6.45, 7) is 3.05. The molecule has 0 spiro atoms. The Morgan fingerprint density at radius 2 is 1.80 bits per heavy atom. The van der Waals surface area contributed by atoms with Gasteiger partial charge in [0.05, 0.1) is 16.5 Å². The molecule has 0 unspecified atom stereocenters. The van der Waals surface area contributed by atoms with Gasteiger partial charge in [0.2, 0.25) is 0 Å². The Hall–Kier alpha value is -4.38. The van der Waals surface area contributed by atoms with E-state index in [-0.39, 0.29) is 12.3 Å². The van der Waals surface area contributed by atoms with Gasteiger partial charge < -0.3 is 23.9 Å². The molecule has 0 amide bonds. The number of rotatable bonds is 8. The summed E-state index contributed by atoms with van der Waals surface area (Å²) >= 11 is 3.55. The van der Waals surface area contributed by atoms with Crippen molar-refractivity contribution in [2.45, 2.75) is 32.2 Å². The maximum absolute atomic E-state index is 13.3. The summed E-state index contributed by atoms with van der Waals surface area (Å²) < 4.78 is 23.1. The number of nitro groups is 1. The molecule has 1 aliphatic heterocycles. The van der Waals surface area contributed by atoms with Crippen molar-refractivity contribution in [3.05, 3.63) is 98.1 Å². The summed E-state index contributed by atoms with van der Waals surface area (Å²) in [5.41, 5.74) is 2.67. The lowest BCUT2D eigenvalue weighted by Crippen LogP contribution is -2.48. The molecule has 1 atom stereocenters. The molecule has 1 aromatic heterocycles. The minimum atomic E-state index is -1.38. The summed E-state index contributed by atoms with van der Waals surface area (Å²) in [6, 6.07) is 17.1. The number of carbonyl (C=O) groups excluding carboxylic acids is 2. The number of aromatic amines is 1. The number of nitrogens with one attached hydrogen (secondary N) is 1. The number of para-hydroxylation sites is 1. The highest BCUT2D eigenvalue weighted by atomic mass is 79.9. The minimum Gasteiger partial charge on any atom is -0.493 e. The van der Waals surface area contributed by atoms with Crippen LogP contribution in [0.25, 0.3) is 10.9 Å². The topological polar surface area (TPSA) is 130 Å². The summed E-state index contributed by atoms with van der Waals surface area (Å²) in [7, 11) is 1.47. The highest BCUT2D eigenvalue weighted by Gasteiger charge is 2.49. The number of esters is 2. The van der Waals surface area contributed by atoms with Crippen LogP contribution in [0.2, 0.25) is 0 Å². The highest BCUT2D eigenvalue weighted by Crippen LogP contribution is 2.45. The zero-order valence-electron chi connectivity index (χ0n) is 21.8. The SMILES string of the molecule is COc1cc([C@H](c2c[nH]c3ccccc23)C2C(=O)OC(C)(C)OC2=O)cc(Br)c1OCc1cccc([N+](=O)[O-])c1. The number of hydrogen-bond acceptors (Lipinski definition) is 8. The van der Waals surface area contributed by atoms with E-state index in [4.69, 9.17) is 18.9 Å².